The first-order chi connectivity index (χ1) is 10.9. The standard InChI is InChI=1S/C16H26N4O3/c1-16(2,22-4)11-20-15(18-3)19-9-12-6-5-7-13(8-12)23-10-14(17)21/h5-8H,9-11H2,1-4H3,(H2,17,21)(H2,18,19,20). The number of primary amides is 1. The highest BCUT2D eigenvalue weighted by atomic mass is 16.5. The molecule has 0 spiro atoms. The lowest BCUT2D eigenvalue weighted by molar-refractivity contribution is -0.119. The molecule has 0 aliphatic heterocycles. The number of nitrogens with two attached hydrogens (primary N) is 1. The van der Waals surface area contributed by atoms with Crippen molar-refractivity contribution in [2.75, 3.05) is 27.3 Å². The van der Waals surface area contributed by atoms with Gasteiger partial charge in [0.1, 0.15) is 5.75 Å². The smallest absolute Gasteiger partial charge is 0.255 e. The van der Waals surface area contributed by atoms with E-state index in [1.165, 1.54) is 0 Å². The number of ether oxygens (including phenoxy) is 2. The summed E-state index contributed by atoms with van der Waals surface area (Å²) in [5.74, 6) is 0.782. The Balaban J connectivity index is 2.52. The number of nitrogens with zero attached hydrogens (tertiary/aromatic N) is 1. The van der Waals surface area contributed by atoms with Crippen molar-refractivity contribution in [2.45, 2.75) is 26.0 Å². The molecule has 4 N–H and O–H groups in total. The molecule has 0 aliphatic rings. The first-order valence-corrected chi connectivity index (χ1v) is 7.36. The molecule has 0 saturated heterocycles. The summed E-state index contributed by atoms with van der Waals surface area (Å²) in [5, 5.41) is 6.42. The molecule has 0 unspecified atom stereocenters. The summed E-state index contributed by atoms with van der Waals surface area (Å²) in [6, 6.07) is 7.44. The largest absolute Gasteiger partial charge is 0.484 e. The second-order valence-electron chi connectivity index (χ2n) is 5.65. The van der Waals surface area contributed by atoms with Gasteiger partial charge in [0.2, 0.25) is 0 Å². The minimum atomic E-state index is -0.501. The predicted molar refractivity (Wildman–Crippen MR) is 90.4 cm³/mol. The van der Waals surface area contributed by atoms with Crippen LogP contribution in [0.5, 0.6) is 5.75 Å². The van der Waals surface area contributed by atoms with E-state index in [4.69, 9.17) is 15.2 Å². The minimum absolute atomic E-state index is 0.133. The molecule has 0 radical (unpaired) electrons. The number of nitrogens with one attached hydrogen (secondary N) is 2. The monoisotopic (exact) mass is 322 g/mol. The average Bonchev–Trinajstić information content (AvgIpc) is 2.53. The van der Waals surface area contributed by atoms with E-state index < -0.39 is 5.91 Å². The Labute approximate surface area is 137 Å². The van der Waals surface area contributed by atoms with Crippen molar-refractivity contribution in [3.05, 3.63) is 29.8 Å². The van der Waals surface area contributed by atoms with Crippen LogP contribution in [0.25, 0.3) is 0 Å². The maximum atomic E-state index is 10.7. The normalized spacial score (nSPS) is 11.9. The predicted octanol–water partition coefficient (Wildman–Crippen LogP) is 0.641. The van der Waals surface area contributed by atoms with Gasteiger partial charge in [-0.1, -0.05) is 12.1 Å². The highest BCUT2D eigenvalue weighted by molar-refractivity contribution is 5.79. The fourth-order valence-electron chi connectivity index (χ4n) is 1.67. The van der Waals surface area contributed by atoms with Gasteiger partial charge in [-0.3, -0.25) is 9.79 Å². The zero-order valence-corrected chi connectivity index (χ0v) is 14.2. The molecule has 0 aromatic heterocycles. The van der Waals surface area contributed by atoms with Gasteiger partial charge in [0.25, 0.3) is 5.91 Å². The van der Waals surface area contributed by atoms with E-state index in [1.807, 2.05) is 32.0 Å². The van der Waals surface area contributed by atoms with E-state index in [0.29, 0.717) is 24.8 Å². The first-order valence-electron chi connectivity index (χ1n) is 7.36. The molecule has 0 atom stereocenters. The lowest BCUT2D eigenvalue weighted by Gasteiger charge is -2.24. The van der Waals surface area contributed by atoms with E-state index in [0.717, 1.165) is 5.56 Å². The van der Waals surface area contributed by atoms with Gasteiger partial charge in [-0.15, -0.1) is 0 Å². The molecule has 128 valence electrons. The summed E-state index contributed by atoms with van der Waals surface area (Å²) in [4.78, 5) is 14.9. The molecule has 0 saturated carbocycles. The van der Waals surface area contributed by atoms with Crippen LogP contribution in [0.3, 0.4) is 0 Å². The number of guanidine groups is 1. The van der Waals surface area contributed by atoms with Gasteiger partial charge in [0, 0.05) is 27.2 Å². The first kappa shape index (κ1) is 18.8. The van der Waals surface area contributed by atoms with Crippen LogP contribution in [-0.4, -0.2) is 44.8 Å². The average molecular weight is 322 g/mol. The van der Waals surface area contributed by atoms with Gasteiger partial charge in [0.05, 0.1) is 5.60 Å². The molecular weight excluding hydrogens is 296 g/mol. The Bertz CT molecular complexity index is 544. The number of hydrogen-bond acceptors (Lipinski definition) is 4. The molecule has 0 fully saturated rings. The lowest BCUT2D eigenvalue weighted by atomic mass is 10.1. The summed E-state index contributed by atoms with van der Waals surface area (Å²) < 4.78 is 10.6. The lowest BCUT2D eigenvalue weighted by Crippen LogP contribution is -2.45. The Morgan fingerprint density at radius 3 is 2.70 bits per heavy atom. The molecule has 1 amide bonds. The van der Waals surface area contributed by atoms with Gasteiger partial charge < -0.3 is 25.8 Å². The van der Waals surface area contributed by atoms with E-state index in [2.05, 4.69) is 15.6 Å². The van der Waals surface area contributed by atoms with E-state index in [9.17, 15) is 4.79 Å². The highest BCUT2D eigenvalue weighted by Gasteiger charge is 2.16. The van der Waals surface area contributed by atoms with Crippen molar-refractivity contribution in [3.8, 4) is 5.75 Å². The molecule has 1 rings (SSSR count). The quantitative estimate of drug-likeness (QED) is 0.482. The summed E-state index contributed by atoms with van der Waals surface area (Å²) in [5.41, 5.74) is 5.79. The zero-order chi connectivity index (χ0) is 17.3. The Hall–Kier alpha value is -2.28. The Morgan fingerprint density at radius 1 is 1.35 bits per heavy atom. The third kappa shape index (κ3) is 7.51. The maximum Gasteiger partial charge on any atom is 0.255 e. The minimum Gasteiger partial charge on any atom is -0.484 e. The number of rotatable bonds is 8. The molecular formula is C16H26N4O3. The van der Waals surface area contributed by atoms with Gasteiger partial charge in [-0.2, -0.15) is 0 Å². The topological polar surface area (TPSA) is 98.0 Å². The van der Waals surface area contributed by atoms with Crippen LogP contribution in [0, 0.1) is 0 Å². The fraction of sp³-hybridized carbons (Fsp3) is 0.500. The summed E-state index contributed by atoms with van der Waals surface area (Å²) in [6.07, 6.45) is 0. The van der Waals surface area contributed by atoms with E-state index in [-0.39, 0.29) is 12.2 Å². The number of carbonyl (C=O) groups excluding carboxylic acids is 1. The molecule has 1 aromatic rings. The van der Waals surface area contributed by atoms with Crippen LogP contribution >= 0.6 is 0 Å². The molecule has 0 aliphatic carbocycles. The van der Waals surface area contributed by atoms with Crippen molar-refractivity contribution in [2.24, 2.45) is 10.7 Å². The van der Waals surface area contributed by atoms with Crippen molar-refractivity contribution in [1.82, 2.24) is 10.6 Å². The summed E-state index contributed by atoms with van der Waals surface area (Å²) in [7, 11) is 3.39. The van der Waals surface area contributed by atoms with Crippen LogP contribution in [0.1, 0.15) is 19.4 Å². The van der Waals surface area contributed by atoms with Gasteiger partial charge >= 0.3 is 0 Å². The van der Waals surface area contributed by atoms with Crippen molar-refractivity contribution in [3.63, 3.8) is 0 Å². The third-order valence-corrected chi connectivity index (χ3v) is 3.20. The second kappa shape index (κ2) is 8.99. The van der Waals surface area contributed by atoms with Gasteiger partial charge in [0.15, 0.2) is 12.6 Å². The fourth-order valence-corrected chi connectivity index (χ4v) is 1.67. The van der Waals surface area contributed by atoms with Crippen LogP contribution < -0.4 is 21.1 Å². The molecule has 7 heteroatoms. The Morgan fingerprint density at radius 2 is 2.09 bits per heavy atom. The molecule has 0 heterocycles. The molecule has 23 heavy (non-hydrogen) atoms. The van der Waals surface area contributed by atoms with Crippen molar-refractivity contribution in [1.29, 1.82) is 0 Å². The van der Waals surface area contributed by atoms with Crippen LogP contribution in [0.15, 0.2) is 29.3 Å². The number of benzene rings is 1. The summed E-state index contributed by atoms with van der Waals surface area (Å²) in [6.45, 7) is 5.05. The number of aliphatic imine (C=N–C) groups is 1. The van der Waals surface area contributed by atoms with Gasteiger partial charge in [-0.05, 0) is 31.5 Å². The SMILES string of the molecule is CN=C(NCc1cccc(OCC(N)=O)c1)NCC(C)(C)OC. The zero-order valence-electron chi connectivity index (χ0n) is 14.2. The number of amides is 1. The second-order valence-corrected chi connectivity index (χ2v) is 5.65. The van der Waals surface area contributed by atoms with Crippen LogP contribution in [0.2, 0.25) is 0 Å². The molecule has 7 nitrogen and oxygen atoms in total. The highest BCUT2D eigenvalue weighted by Crippen LogP contribution is 2.13. The molecule has 1 aromatic carbocycles. The number of carbonyl (C=O) groups is 1. The maximum absolute atomic E-state index is 10.7. The molecule has 0 bridgehead atoms. The van der Waals surface area contributed by atoms with Crippen molar-refractivity contribution < 1.29 is 14.3 Å². The van der Waals surface area contributed by atoms with E-state index >= 15 is 0 Å². The van der Waals surface area contributed by atoms with Gasteiger partial charge in [-0.25, -0.2) is 0 Å². The van der Waals surface area contributed by atoms with Crippen LogP contribution in [0.4, 0.5) is 0 Å². The third-order valence-electron chi connectivity index (χ3n) is 3.20. The number of methoxy groups -OCH3 is 1. The Kier molecular flexibility index (Phi) is 7.34. The summed E-state index contributed by atoms with van der Waals surface area (Å²) >= 11 is 0. The van der Waals surface area contributed by atoms with Crippen LogP contribution in [-0.2, 0) is 16.1 Å². The van der Waals surface area contributed by atoms with Crippen molar-refractivity contribution >= 4 is 11.9 Å². The number of hydrogen-bond donors (Lipinski definition) is 3. The van der Waals surface area contributed by atoms with E-state index in [1.54, 1.807) is 20.2 Å².